The molecule has 1 aromatic carbocycles. The normalized spacial score (nSPS) is 16.6. The van der Waals surface area contributed by atoms with E-state index in [9.17, 15) is 13.2 Å². The zero-order valence-electron chi connectivity index (χ0n) is 10.1. The lowest BCUT2D eigenvalue weighted by molar-refractivity contribution is 0.111. The number of carbonyl (C=O) groups is 1. The lowest BCUT2D eigenvalue weighted by Crippen LogP contribution is -2.36. The number of rotatable bonds is 3. The first kappa shape index (κ1) is 13.0. The molecule has 1 heterocycles. The van der Waals surface area contributed by atoms with Crippen LogP contribution < -0.4 is 4.90 Å². The fourth-order valence-electron chi connectivity index (χ4n) is 1.95. The molecular formula is C12H15NO4S. The summed E-state index contributed by atoms with van der Waals surface area (Å²) in [6.45, 7) is 2.65. The van der Waals surface area contributed by atoms with Crippen molar-refractivity contribution in [1.29, 1.82) is 0 Å². The van der Waals surface area contributed by atoms with Crippen molar-refractivity contribution < 1.29 is 17.9 Å². The van der Waals surface area contributed by atoms with Crippen LogP contribution in [0.2, 0.25) is 0 Å². The highest BCUT2D eigenvalue weighted by Gasteiger charge is 2.17. The van der Waals surface area contributed by atoms with Gasteiger partial charge < -0.3 is 9.64 Å². The van der Waals surface area contributed by atoms with Crippen molar-refractivity contribution in [2.24, 2.45) is 0 Å². The Kier molecular flexibility index (Phi) is 3.68. The van der Waals surface area contributed by atoms with Crippen LogP contribution in [0.3, 0.4) is 0 Å². The topological polar surface area (TPSA) is 63.7 Å². The van der Waals surface area contributed by atoms with Crippen LogP contribution in [-0.2, 0) is 14.6 Å². The molecule has 0 N–H and O–H groups in total. The predicted octanol–water partition coefficient (Wildman–Crippen LogP) is 0.739. The minimum Gasteiger partial charge on any atom is -0.378 e. The van der Waals surface area contributed by atoms with Gasteiger partial charge in [-0.2, -0.15) is 0 Å². The standard InChI is InChI=1S/C12H15NO4S/c1-18(15,16)11-2-3-12(10(8-11)9-14)13-4-6-17-7-5-13/h2-3,8-9H,4-7H2,1H3. The highest BCUT2D eigenvalue weighted by atomic mass is 32.2. The number of hydrogen-bond donors (Lipinski definition) is 0. The molecule has 98 valence electrons. The van der Waals surface area contributed by atoms with Gasteiger partial charge in [0, 0.05) is 30.6 Å². The molecule has 1 fully saturated rings. The quantitative estimate of drug-likeness (QED) is 0.757. The molecule has 0 bridgehead atoms. The fourth-order valence-corrected chi connectivity index (χ4v) is 2.61. The largest absolute Gasteiger partial charge is 0.378 e. The fraction of sp³-hybridized carbons (Fsp3) is 0.417. The summed E-state index contributed by atoms with van der Waals surface area (Å²) in [5, 5.41) is 0. The van der Waals surface area contributed by atoms with Crippen LogP contribution in [-0.4, -0.2) is 47.3 Å². The lowest BCUT2D eigenvalue weighted by Gasteiger charge is -2.29. The van der Waals surface area contributed by atoms with Crippen molar-refractivity contribution in [3.8, 4) is 0 Å². The van der Waals surface area contributed by atoms with Gasteiger partial charge in [0.05, 0.1) is 18.1 Å². The number of benzene rings is 1. The highest BCUT2D eigenvalue weighted by Crippen LogP contribution is 2.23. The van der Waals surface area contributed by atoms with Crippen molar-refractivity contribution in [3.05, 3.63) is 23.8 Å². The Balaban J connectivity index is 2.39. The molecule has 5 nitrogen and oxygen atoms in total. The Labute approximate surface area is 106 Å². The number of aldehydes is 1. The second-order valence-corrected chi connectivity index (χ2v) is 6.23. The van der Waals surface area contributed by atoms with E-state index >= 15 is 0 Å². The maximum absolute atomic E-state index is 11.4. The number of carbonyl (C=O) groups excluding carboxylic acids is 1. The van der Waals surface area contributed by atoms with Crippen molar-refractivity contribution in [3.63, 3.8) is 0 Å². The van der Waals surface area contributed by atoms with Crippen LogP contribution in [0.25, 0.3) is 0 Å². The van der Waals surface area contributed by atoms with Crippen molar-refractivity contribution >= 4 is 21.8 Å². The summed E-state index contributed by atoms with van der Waals surface area (Å²) in [7, 11) is -3.28. The van der Waals surface area contributed by atoms with E-state index in [2.05, 4.69) is 0 Å². The first-order valence-corrected chi connectivity index (χ1v) is 7.53. The molecule has 0 unspecified atom stereocenters. The Bertz CT molecular complexity index is 547. The Hall–Kier alpha value is -1.40. The minimum atomic E-state index is -3.28. The molecular weight excluding hydrogens is 254 g/mol. The number of sulfone groups is 1. The van der Waals surface area contributed by atoms with E-state index in [0.717, 1.165) is 11.9 Å². The Morgan fingerprint density at radius 1 is 1.28 bits per heavy atom. The Morgan fingerprint density at radius 3 is 2.50 bits per heavy atom. The van der Waals surface area contributed by atoms with Gasteiger partial charge in [0.1, 0.15) is 0 Å². The molecule has 0 atom stereocenters. The third kappa shape index (κ3) is 2.70. The summed E-state index contributed by atoms with van der Waals surface area (Å²) in [4.78, 5) is 13.3. The molecule has 0 saturated carbocycles. The molecule has 0 aromatic heterocycles. The lowest BCUT2D eigenvalue weighted by atomic mass is 10.1. The van der Waals surface area contributed by atoms with Crippen LogP contribution in [0, 0.1) is 0 Å². The van der Waals surface area contributed by atoms with E-state index in [1.54, 1.807) is 6.07 Å². The molecule has 18 heavy (non-hydrogen) atoms. The first-order valence-electron chi connectivity index (χ1n) is 5.64. The van der Waals surface area contributed by atoms with E-state index in [1.165, 1.54) is 12.1 Å². The van der Waals surface area contributed by atoms with Crippen molar-refractivity contribution in [2.45, 2.75) is 4.90 Å². The second kappa shape index (κ2) is 5.07. The third-order valence-corrected chi connectivity index (χ3v) is 4.02. The van der Waals surface area contributed by atoms with E-state index in [-0.39, 0.29) is 4.90 Å². The summed E-state index contributed by atoms with van der Waals surface area (Å²) in [6, 6.07) is 4.64. The van der Waals surface area contributed by atoms with Crippen molar-refractivity contribution in [2.75, 3.05) is 37.5 Å². The number of ether oxygens (including phenoxy) is 1. The maximum Gasteiger partial charge on any atom is 0.175 e. The van der Waals surface area contributed by atoms with E-state index in [0.29, 0.717) is 38.2 Å². The molecule has 1 aromatic rings. The predicted molar refractivity (Wildman–Crippen MR) is 68.0 cm³/mol. The van der Waals surface area contributed by atoms with Gasteiger partial charge in [-0.15, -0.1) is 0 Å². The maximum atomic E-state index is 11.4. The van der Waals surface area contributed by atoms with Crippen LogP contribution in [0.15, 0.2) is 23.1 Å². The van der Waals surface area contributed by atoms with Gasteiger partial charge >= 0.3 is 0 Å². The smallest absolute Gasteiger partial charge is 0.175 e. The van der Waals surface area contributed by atoms with Gasteiger partial charge in [0.15, 0.2) is 16.1 Å². The third-order valence-electron chi connectivity index (χ3n) is 2.91. The second-order valence-electron chi connectivity index (χ2n) is 4.21. The molecule has 6 heteroatoms. The average Bonchev–Trinajstić information content (AvgIpc) is 2.38. The summed E-state index contributed by atoms with van der Waals surface area (Å²) < 4.78 is 28.1. The van der Waals surface area contributed by atoms with Gasteiger partial charge in [0.2, 0.25) is 0 Å². The van der Waals surface area contributed by atoms with E-state index < -0.39 is 9.84 Å². The number of nitrogens with zero attached hydrogens (tertiary/aromatic N) is 1. The van der Waals surface area contributed by atoms with Gasteiger partial charge in [-0.3, -0.25) is 4.79 Å². The van der Waals surface area contributed by atoms with E-state index in [4.69, 9.17) is 4.74 Å². The molecule has 0 radical (unpaired) electrons. The zero-order valence-corrected chi connectivity index (χ0v) is 10.9. The number of hydrogen-bond acceptors (Lipinski definition) is 5. The first-order chi connectivity index (χ1) is 8.52. The summed E-state index contributed by atoms with van der Waals surface area (Å²) in [5.41, 5.74) is 1.17. The van der Waals surface area contributed by atoms with Gasteiger partial charge in [0.25, 0.3) is 0 Å². The van der Waals surface area contributed by atoms with Crippen molar-refractivity contribution in [1.82, 2.24) is 0 Å². The molecule has 1 aliphatic rings. The average molecular weight is 269 g/mol. The molecule has 2 rings (SSSR count). The minimum absolute atomic E-state index is 0.168. The van der Waals surface area contributed by atoms with Gasteiger partial charge in [-0.25, -0.2) is 8.42 Å². The van der Waals surface area contributed by atoms with Crippen LogP contribution in [0.5, 0.6) is 0 Å². The highest BCUT2D eigenvalue weighted by molar-refractivity contribution is 7.90. The number of morpholine rings is 1. The monoisotopic (exact) mass is 269 g/mol. The molecule has 0 aliphatic carbocycles. The summed E-state index contributed by atoms with van der Waals surface area (Å²) >= 11 is 0. The molecule has 1 aliphatic heterocycles. The summed E-state index contributed by atoms with van der Waals surface area (Å²) in [5.74, 6) is 0. The molecule has 1 saturated heterocycles. The SMILES string of the molecule is CS(=O)(=O)c1ccc(N2CCOCC2)c(C=O)c1. The zero-order chi connectivity index (χ0) is 13.2. The number of anilines is 1. The van der Waals surface area contributed by atoms with Crippen LogP contribution in [0.4, 0.5) is 5.69 Å². The van der Waals surface area contributed by atoms with E-state index in [1.807, 2.05) is 4.90 Å². The molecule has 0 spiro atoms. The summed E-state index contributed by atoms with van der Waals surface area (Å²) in [6.07, 6.45) is 1.82. The Morgan fingerprint density at radius 2 is 1.94 bits per heavy atom. The van der Waals surface area contributed by atoms with Gasteiger partial charge in [-0.1, -0.05) is 0 Å². The van der Waals surface area contributed by atoms with Crippen LogP contribution in [0.1, 0.15) is 10.4 Å². The van der Waals surface area contributed by atoms with Gasteiger partial charge in [-0.05, 0) is 18.2 Å². The van der Waals surface area contributed by atoms with Crippen LogP contribution >= 0.6 is 0 Å². The molecule has 0 amide bonds.